The van der Waals surface area contributed by atoms with Crippen molar-refractivity contribution in [2.45, 2.75) is 31.3 Å². The van der Waals surface area contributed by atoms with E-state index in [1.807, 2.05) is 12.1 Å². The Morgan fingerprint density at radius 1 is 1.47 bits per heavy atom. The first kappa shape index (κ1) is 14.1. The maximum atomic E-state index is 13.7. The summed E-state index contributed by atoms with van der Waals surface area (Å²) in [7, 11) is 0. The van der Waals surface area contributed by atoms with E-state index in [2.05, 4.69) is 25.7 Å². The first-order chi connectivity index (χ1) is 8.17. The molecule has 0 amide bonds. The normalized spacial score (nSPS) is 11.8. The van der Waals surface area contributed by atoms with Crippen molar-refractivity contribution in [2.75, 3.05) is 6.54 Å². The molecule has 0 spiro atoms. The van der Waals surface area contributed by atoms with Crippen molar-refractivity contribution in [1.29, 1.82) is 0 Å². The lowest BCUT2D eigenvalue weighted by molar-refractivity contribution is 0.617. The van der Waals surface area contributed by atoms with E-state index in [1.165, 1.54) is 6.07 Å². The third-order valence-electron chi connectivity index (χ3n) is 2.49. The van der Waals surface area contributed by atoms with Crippen LogP contribution >= 0.6 is 11.8 Å². The van der Waals surface area contributed by atoms with Gasteiger partial charge in [-0.2, -0.15) is 11.8 Å². The van der Waals surface area contributed by atoms with Crippen LogP contribution in [-0.2, 0) is 5.75 Å². The Morgan fingerprint density at radius 2 is 2.24 bits per heavy atom. The average molecular weight is 251 g/mol. The van der Waals surface area contributed by atoms with Gasteiger partial charge >= 0.3 is 0 Å². The first-order valence-corrected chi connectivity index (χ1v) is 6.81. The highest BCUT2D eigenvalue weighted by Gasteiger charge is 2.05. The molecule has 1 aromatic carbocycles. The standard InChI is InChI=1S/C14H18FNS/c1-3-11(2)17-10-13-7-6-12(5-4-8-16)9-14(13)15/h6-7,9,11H,3,8,10,16H2,1-2H3. The van der Waals surface area contributed by atoms with Crippen molar-refractivity contribution in [3.8, 4) is 11.8 Å². The van der Waals surface area contributed by atoms with Crippen LogP contribution in [0.3, 0.4) is 0 Å². The largest absolute Gasteiger partial charge is 0.320 e. The molecule has 1 rings (SSSR count). The molecule has 0 radical (unpaired) electrons. The number of halogens is 1. The second kappa shape index (κ2) is 7.37. The fourth-order valence-corrected chi connectivity index (χ4v) is 2.18. The van der Waals surface area contributed by atoms with E-state index in [0.29, 0.717) is 23.1 Å². The van der Waals surface area contributed by atoms with Crippen molar-refractivity contribution in [3.63, 3.8) is 0 Å². The predicted octanol–water partition coefficient (Wildman–Crippen LogP) is 3.17. The lowest BCUT2D eigenvalue weighted by Crippen LogP contribution is -1.96. The first-order valence-electron chi connectivity index (χ1n) is 5.76. The smallest absolute Gasteiger partial charge is 0.128 e. The molecule has 1 nitrogen and oxygen atoms in total. The van der Waals surface area contributed by atoms with Crippen LogP contribution in [0, 0.1) is 17.7 Å². The highest BCUT2D eigenvalue weighted by atomic mass is 32.2. The zero-order chi connectivity index (χ0) is 12.7. The maximum absolute atomic E-state index is 13.7. The van der Waals surface area contributed by atoms with E-state index >= 15 is 0 Å². The van der Waals surface area contributed by atoms with Crippen LogP contribution in [0.4, 0.5) is 4.39 Å². The minimum absolute atomic E-state index is 0.176. The third-order valence-corrected chi connectivity index (χ3v) is 3.87. The molecular weight excluding hydrogens is 233 g/mol. The van der Waals surface area contributed by atoms with Gasteiger partial charge < -0.3 is 5.73 Å². The summed E-state index contributed by atoms with van der Waals surface area (Å²) in [4.78, 5) is 0. The van der Waals surface area contributed by atoms with Gasteiger partial charge in [-0.05, 0) is 24.1 Å². The van der Waals surface area contributed by atoms with Crippen molar-refractivity contribution in [1.82, 2.24) is 0 Å². The Kier molecular flexibility index (Phi) is 6.10. The van der Waals surface area contributed by atoms with Gasteiger partial charge in [0.2, 0.25) is 0 Å². The van der Waals surface area contributed by atoms with E-state index in [0.717, 1.165) is 12.0 Å². The van der Waals surface area contributed by atoms with Gasteiger partial charge in [0, 0.05) is 16.6 Å². The van der Waals surface area contributed by atoms with Crippen LogP contribution in [-0.4, -0.2) is 11.8 Å². The highest BCUT2D eigenvalue weighted by molar-refractivity contribution is 7.99. The molecule has 3 heteroatoms. The third kappa shape index (κ3) is 4.80. The summed E-state index contributed by atoms with van der Waals surface area (Å²) < 4.78 is 13.7. The molecule has 0 aliphatic rings. The van der Waals surface area contributed by atoms with Crippen molar-refractivity contribution < 1.29 is 4.39 Å². The molecule has 0 heterocycles. The zero-order valence-electron chi connectivity index (χ0n) is 10.3. The lowest BCUT2D eigenvalue weighted by Gasteiger charge is -2.08. The van der Waals surface area contributed by atoms with E-state index < -0.39 is 0 Å². The lowest BCUT2D eigenvalue weighted by atomic mass is 10.1. The van der Waals surface area contributed by atoms with Crippen LogP contribution in [0.2, 0.25) is 0 Å². The predicted molar refractivity (Wildman–Crippen MR) is 73.4 cm³/mol. The van der Waals surface area contributed by atoms with Crippen LogP contribution in [0.1, 0.15) is 31.4 Å². The fourth-order valence-electron chi connectivity index (χ4n) is 1.25. The van der Waals surface area contributed by atoms with Crippen LogP contribution in [0.25, 0.3) is 0 Å². The molecule has 0 aromatic heterocycles. The molecule has 0 saturated carbocycles. The van der Waals surface area contributed by atoms with Gasteiger partial charge in [-0.1, -0.05) is 31.8 Å². The van der Waals surface area contributed by atoms with Gasteiger partial charge in [0.1, 0.15) is 5.82 Å². The van der Waals surface area contributed by atoms with Crippen LogP contribution in [0.5, 0.6) is 0 Å². The summed E-state index contributed by atoms with van der Waals surface area (Å²) in [6.45, 7) is 4.59. The summed E-state index contributed by atoms with van der Waals surface area (Å²) in [5.41, 5.74) is 6.70. The topological polar surface area (TPSA) is 26.0 Å². The Morgan fingerprint density at radius 3 is 2.82 bits per heavy atom. The summed E-state index contributed by atoms with van der Waals surface area (Å²) in [6.07, 6.45) is 1.10. The summed E-state index contributed by atoms with van der Waals surface area (Å²) in [6, 6.07) is 5.14. The Labute approximate surface area is 107 Å². The fraction of sp³-hybridized carbons (Fsp3) is 0.429. The monoisotopic (exact) mass is 251 g/mol. The molecule has 0 aliphatic heterocycles. The molecule has 0 saturated heterocycles. The quantitative estimate of drug-likeness (QED) is 0.832. The molecule has 0 fully saturated rings. The maximum Gasteiger partial charge on any atom is 0.128 e. The summed E-state index contributed by atoms with van der Waals surface area (Å²) >= 11 is 1.77. The van der Waals surface area contributed by atoms with Crippen LogP contribution < -0.4 is 5.73 Å². The summed E-state index contributed by atoms with van der Waals surface area (Å²) in [5, 5.41) is 0.561. The minimum atomic E-state index is -0.176. The van der Waals surface area contributed by atoms with E-state index in [4.69, 9.17) is 5.73 Å². The summed E-state index contributed by atoms with van der Waals surface area (Å²) in [5.74, 6) is 6.08. The molecule has 92 valence electrons. The van der Waals surface area contributed by atoms with E-state index in [-0.39, 0.29) is 5.82 Å². The van der Waals surface area contributed by atoms with Gasteiger partial charge in [0.15, 0.2) is 0 Å². The SMILES string of the molecule is CCC(C)SCc1ccc(C#CCN)cc1F. The minimum Gasteiger partial charge on any atom is -0.320 e. The van der Waals surface area contributed by atoms with Gasteiger partial charge in [0.05, 0.1) is 6.54 Å². The van der Waals surface area contributed by atoms with Gasteiger partial charge in [-0.3, -0.25) is 0 Å². The highest BCUT2D eigenvalue weighted by Crippen LogP contribution is 2.22. The van der Waals surface area contributed by atoms with Gasteiger partial charge in [0.25, 0.3) is 0 Å². The van der Waals surface area contributed by atoms with Gasteiger partial charge in [-0.15, -0.1) is 0 Å². The number of hydrogen-bond donors (Lipinski definition) is 1. The Balaban J connectivity index is 2.69. The number of rotatable bonds is 4. The average Bonchev–Trinajstić information content (AvgIpc) is 2.34. The molecule has 17 heavy (non-hydrogen) atoms. The van der Waals surface area contributed by atoms with Crippen LogP contribution in [0.15, 0.2) is 18.2 Å². The zero-order valence-corrected chi connectivity index (χ0v) is 11.1. The Bertz CT molecular complexity index is 420. The molecule has 0 bridgehead atoms. The number of thioether (sulfide) groups is 1. The molecule has 0 aliphatic carbocycles. The van der Waals surface area contributed by atoms with E-state index in [9.17, 15) is 4.39 Å². The number of benzene rings is 1. The second-order valence-corrected chi connectivity index (χ2v) is 5.27. The molecular formula is C14H18FNS. The number of hydrogen-bond acceptors (Lipinski definition) is 2. The van der Waals surface area contributed by atoms with Crippen molar-refractivity contribution in [3.05, 3.63) is 35.1 Å². The molecule has 1 atom stereocenters. The van der Waals surface area contributed by atoms with Crippen molar-refractivity contribution in [2.24, 2.45) is 5.73 Å². The molecule has 1 unspecified atom stereocenters. The Hall–Kier alpha value is -0.980. The van der Waals surface area contributed by atoms with E-state index in [1.54, 1.807) is 11.8 Å². The second-order valence-electron chi connectivity index (χ2n) is 3.84. The van der Waals surface area contributed by atoms with Gasteiger partial charge in [-0.25, -0.2) is 4.39 Å². The molecule has 1 aromatic rings. The van der Waals surface area contributed by atoms with Crippen molar-refractivity contribution >= 4 is 11.8 Å². The molecule has 2 N–H and O–H groups in total. The number of nitrogens with two attached hydrogens (primary N) is 1.